The maximum absolute atomic E-state index is 12.5. The van der Waals surface area contributed by atoms with Gasteiger partial charge in [-0.1, -0.05) is 54.1 Å². The van der Waals surface area contributed by atoms with E-state index in [1.807, 2.05) is 62.4 Å². The molecule has 4 heteroatoms. The van der Waals surface area contributed by atoms with Crippen LogP contribution in [-0.4, -0.2) is 16.0 Å². The molecule has 0 N–H and O–H groups in total. The first-order valence-corrected chi connectivity index (χ1v) is 8.23. The van der Waals surface area contributed by atoms with Gasteiger partial charge in [0.05, 0.1) is 11.4 Å². The number of carbonyl (C=O) groups is 2. The zero-order chi connectivity index (χ0) is 16.4. The van der Waals surface area contributed by atoms with Crippen molar-refractivity contribution in [3.63, 3.8) is 0 Å². The van der Waals surface area contributed by atoms with Gasteiger partial charge in [0.25, 0.3) is 11.1 Å². The zero-order valence-corrected chi connectivity index (χ0v) is 13.9. The fourth-order valence-electron chi connectivity index (χ4n) is 2.52. The third-order valence-corrected chi connectivity index (χ3v) is 4.68. The number of hydrogen-bond donors (Lipinski definition) is 0. The molecule has 1 aliphatic rings. The lowest BCUT2D eigenvalue weighted by Crippen LogP contribution is -2.27. The molecule has 1 aliphatic heterocycles. The Balaban J connectivity index is 1.84. The van der Waals surface area contributed by atoms with Gasteiger partial charge in [-0.25, -0.2) is 0 Å². The van der Waals surface area contributed by atoms with Crippen molar-refractivity contribution in [3.8, 4) is 0 Å². The molecule has 3 nitrogen and oxygen atoms in total. The molecule has 116 valence electrons. The van der Waals surface area contributed by atoms with Crippen molar-refractivity contribution in [2.75, 3.05) is 0 Å². The van der Waals surface area contributed by atoms with E-state index in [4.69, 9.17) is 0 Å². The highest BCUT2D eigenvalue weighted by atomic mass is 32.2. The van der Waals surface area contributed by atoms with E-state index < -0.39 is 0 Å². The summed E-state index contributed by atoms with van der Waals surface area (Å²) in [6.45, 7) is 4.30. The zero-order valence-electron chi connectivity index (χ0n) is 13.1. The first-order chi connectivity index (χ1) is 11.0. The van der Waals surface area contributed by atoms with E-state index in [2.05, 4.69) is 0 Å². The fourth-order valence-corrected chi connectivity index (χ4v) is 3.35. The summed E-state index contributed by atoms with van der Waals surface area (Å²) < 4.78 is 0. The van der Waals surface area contributed by atoms with Gasteiger partial charge in [0.15, 0.2) is 0 Å². The number of imide groups is 1. The highest BCUT2D eigenvalue weighted by Gasteiger charge is 2.35. The van der Waals surface area contributed by atoms with Crippen molar-refractivity contribution >= 4 is 29.0 Å². The number of nitrogens with zero attached hydrogens (tertiary/aromatic N) is 1. The largest absolute Gasteiger partial charge is 0.293 e. The summed E-state index contributed by atoms with van der Waals surface area (Å²) in [5, 5.41) is -0.212. The Labute approximate surface area is 140 Å². The summed E-state index contributed by atoms with van der Waals surface area (Å²) in [6.07, 6.45) is 1.80. The van der Waals surface area contributed by atoms with Gasteiger partial charge in [-0.05, 0) is 48.4 Å². The second-order valence-electron chi connectivity index (χ2n) is 5.61. The third-order valence-electron chi connectivity index (χ3n) is 3.77. The molecule has 0 aliphatic carbocycles. The van der Waals surface area contributed by atoms with Gasteiger partial charge in [0, 0.05) is 0 Å². The van der Waals surface area contributed by atoms with E-state index in [0.29, 0.717) is 11.4 Å². The topological polar surface area (TPSA) is 37.4 Å². The van der Waals surface area contributed by atoms with E-state index in [0.717, 1.165) is 34.0 Å². The van der Waals surface area contributed by atoms with Crippen molar-refractivity contribution in [1.82, 2.24) is 4.90 Å². The Morgan fingerprint density at radius 2 is 1.83 bits per heavy atom. The van der Waals surface area contributed by atoms with E-state index >= 15 is 0 Å². The van der Waals surface area contributed by atoms with Crippen LogP contribution in [0.5, 0.6) is 0 Å². The minimum atomic E-state index is -0.218. The maximum atomic E-state index is 12.5. The van der Waals surface area contributed by atoms with Crippen LogP contribution < -0.4 is 0 Å². The second-order valence-corrected chi connectivity index (χ2v) is 6.61. The summed E-state index contributed by atoms with van der Waals surface area (Å²) in [6, 6.07) is 15.7. The molecule has 0 bridgehead atoms. The molecule has 3 rings (SSSR count). The summed E-state index contributed by atoms with van der Waals surface area (Å²) in [7, 11) is 0. The van der Waals surface area contributed by atoms with Crippen molar-refractivity contribution in [3.05, 3.63) is 75.7 Å². The summed E-state index contributed by atoms with van der Waals surface area (Å²) >= 11 is 1.01. The van der Waals surface area contributed by atoms with Gasteiger partial charge in [0.2, 0.25) is 0 Å². The van der Waals surface area contributed by atoms with Crippen LogP contribution in [0.1, 0.15) is 22.3 Å². The highest BCUT2D eigenvalue weighted by molar-refractivity contribution is 8.18. The quantitative estimate of drug-likeness (QED) is 0.778. The molecule has 2 aromatic carbocycles. The predicted octanol–water partition coefficient (Wildman–Crippen LogP) is 4.54. The lowest BCUT2D eigenvalue weighted by molar-refractivity contribution is -0.123. The maximum Gasteiger partial charge on any atom is 0.293 e. The van der Waals surface area contributed by atoms with E-state index in [9.17, 15) is 9.59 Å². The van der Waals surface area contributed by atoms with E-state index in [1.54, 1.807) is 6.08 Å². The Morgan fingerprint density at radius 1 is 1.04 bits per heavy atom. The molecule has 0 atom stereocenters. The van der Waals surface area contributed by atoms with Crippen LogP contribution in [-0.2, 0) is 11.3 Å². The molecule has 0 unspecified atom stereocenters. The number of carbonyl (C=O) groups excluding carboxylic acids is 2. The monoisotopic (exact) mass is 323 g/mol. The average molecular weight is 323 g/mol. The molecule has 0 saturated carbocycles. The second kappa shape index (κ2) is 6.42. The lowest BCUT2D eigenvalue weighted by atomic mass is 10.1. The highest BCUT2D eigenvalue weighted by Crippen LogP contribution is 2.33. The average Bonchev–Trinajstić information content (AvgIpc) is 2.77. The number of rotatable bonds is 3. The van der Waals surface area contributed by atoms with Crippen LogP contribution in [0.15, 0.2) is 53.4 Å². The molecule has 2 amide bonds. The molecule has 1 saturated heterocycles. The Morgan fingerprint density at radius 3 is 2.57 bits per heavy atom. The standard InChI is InChI=1S/C19H17NO2S/c1-13-6-5-8-15(10-13)12-20-18(21)17(23-19(20)22)11-16-9-4-3-7-14(16)2/h3-11H,12H2,1-2H3/b17-11+. The molecule has 0 radical (unpaired) electrons. The minimum absolute atomic E-state index is 0.212. The summed E-state index contributed by atoms with van der Waals surface area (Å²) in [5.74, 6) is -0.218. The summed E-state index contributed by atoms with van der Waals surface area (Å²) in [4.78, 5) is 26.5. The van der Waals surface area contributed by atoms with Crippen molar-refractivity contribution in [2.45, 2.75) is 20.4 Å². The SMILES string of the molecule is Cc1cccc(CN2C(=O)S/C(=C/c3ccccc3C)C2=O)c1. The van der Waals surface area contributed by atoms with Crippen molar-refractivity contribution < 1.29 is 9.59 Å². The number of aryl methyl sites for hydroxylation is 2. The van der Waals surface area contributed by atoms with E-state index in [1.165, 1.54) is 4.90 Å². The molecule has 1 heterocycles. The van der Waals surface area contributed by atoms with Crippen molar-refractivity contribution in [2.24, 2.45) is 0 Å². The molecular weight excluding hydrogens is 306 g/mol. The number of amides is 2. The fraction of sp³-hybridized carbons (Fsp3) is 0.158. The molecule has 0 aromatic heterocycles. The minimum Gasteiger partial charge on any atom is -0.268 e. The molecule has 0 spiro atoms. The van der Waals surface area contributed by atoms with Crippen LogP contribution in [0.4, 0.5) is 4.79 Å². The van der Waals surface area contributed by atoms with Gasteiger partial charge < -0.3 is 0 Å². The van der Waals surface area contributed by atoms with Crippen LogP contribution in [0.3, 0.4) is 0 Å². The van der Waals surface area contributed by atoms with Gasteiger partial charge >= 0.3 is 0 Å². The van der Waals surface area contributed by atoms with Crippen LogP contribution >= 0.6 is 11.8 Å². The predicted molar refractivity (Wildman–Crippen MR) is 93.9 cm³/mol. The van der Waals surface area contributed by atoms with E-state index in [-0.39, 0.29) is 11.1 Å². The molecule has 23 heavy (non-hydrogen) atoms. The lowest BCUT2D eigenvalue weighted by Gasteiger charge is -2.12. The molecule has 2 aromatic rings. The smallest absolute Gasteiger partial charge is 0.268 e. The Hall–Kier alpha value is -2.33. The Kier molecular flexibility index (Phi) is 4.35. The third kappa shape index (κ3) is 3.37. The first kappa shape index (κ1) is 15.6. The van der Waals surface area contributed by atoms with Gasteiger partial charge in [-0.15, -0.1) is 0 Å². The summed E-state index contributed by atoms with van der Waals surface area (Å²) in [5.41, 5.74) is 4.13. The van der Waals surface area contributed by atoms with Gasteiger partial charge in [-0.3, -0.25) is 14.5 Å². The number of benzene rings is 2. The normalized spacial score (nSPS) is 16.4. The van der Waals surface area contributed by atoms with Gasteiger partial charge in [0.1, 0.15) is 0 Å². The van der Waals surface area contributed by atoms with Crippen LogP contribution in [0.25, 0.3) is 6.08 Å². The number of thioether (sulfide) groups is 1. The Bertz CT molecular complexity index is 811. The van der Waals surface area contributed by atoms with Crippen LogP contribution in [0, 0.1) is 13.8 Å². The molecular formula is C19H17NO2S. The number of hydrogen-bond acceptors (Lipinski definition) is 3. The first-order valence-electron chi connectivity index (χ1n) is 7.41. The van der Waals surface area contributed by atoms with Crippen LogP contribution in [0.2, 0.25) is 0 Å². The molecule has 1 fully saturated rings. The van der Waals surface area contributed by atoms with Gasteiger partial charge in [-0.2, -0.15) is 0 Å². The van der Waals surface area contributed by atoms with Crippen molar-refractivity contribution in [1.29, 1.82) is 0 Å².